The Balaban J connectivity index is 0.00000190. The van der Waals surface area contributed by atoms with Crippen molar-refractivity contribution in [3.8, 4) is 12.8 Å². The van der Waals surface area contributed by atoms with Crippen LogP contribution in [0.3, 0.4) is 0 Å². The molecular formula is C27H50O. The fourth-order valence-electron chi connectivity index (χ4n) is 6.95. The Morgan fingerprint density at radius 1 is 0.964 bits per heavy atom. The first-order valence-corrected chi connectivity index (χ1v) is 12.3. The zero-order valence-electron chi connectivity index (χ0n) is 19.8. The van der Waals surface area contributed by atoms with Gasteiger partial charge in [0.15, 0.2) is 0 Å². The molecule has 2 fully saturated rings. The maximum atomic E-state index is 9.15. The van der Waals surface area contributed by atoms with Crippen molar-refractivity contribution < 1.29 is 5.11 Å². The van der Waals surface area contributed by atoms with Gasteiger partial charge in [-0.2, -0.15) is 0 Å². The highest BCUT2D eigenvalue weighted by atomic mass is 16.2. The summed E-state index contributed by atoms with van der Waals surface area (Å²) >= 11 is 0. The van der Waals surface area contributed by atoms with Crippen LogP contribution in [0, 0.1) is 47.3 Å². The van der Waals surface area contributed by atoms with Gasteiger partial charge >= 0.3 is 0 Å². The standard InChI is InChI=1S/C25H48O.C2H2/c1-6-17-25(5)22(12-8-10-19-26)15-16-23(25)20(2)13-14-21-11-7-9-18-24(21,3)4;1-2/h20-23,26H,6-19H2,1-5H3;1-2H/t20?,21?,22-,23?,25+;/m0./s1. The Bertz CT molecular complexity index is 437. The number of hydrogen-bond acceptors (Lipinski definition) is 1. The van der Waals surface area contributed by atoms with E-state index in [0.29, 0.717) is 17.4 Å². The van der Waals surface area contributed by atoms with Crippen molar-refractivity contribution in [2.24, 2.45) is 34.5 Å². The average molecular weight is 391 g/mol. The smallest absolute Gasteiger partial charge is 0.0431 e. The van der Waals surface area contributed by atoms with Gasteiger partial charge in [0.05, 0.1) is 0 Å². The quantitative estimate of drug-likeness (QED) is 0.297. The van der Waals surface area contributed by atoms with Crippen molar-refractivity contribution in [2.45, 2.75) is 118 Å². The topological polar surface area (TPSA) is 20.2 Å². The summed E-state index contributed by atoms with van der Waals surface area (Å²) < 4.78 is 0. The molecule has 0 spiro atoms. The van der Waals surface area contributed by atoms with Crippen LogP contribution in [0.5, 0.6) is 0 Å². The van der Waals surface area contributed by atoms with Crippen LogP contribution >= 0.6 is 0 Å². The first-order chi connectivity index (χ1) is 13.3. The second-order valence-corrected chi connectivity index (χ2v) is 10.8. The molecule has 2 rings (SSSR count). The second-order valence-electron chi connectivity index (χ2n) is 10.8. The molecule has 1 N–H and O–H groups in total. The minimum Gasteiger partial charge on any atom is -0.396 e. The average Bonchev–Trinajstić information content (AvgIpc) is 2.99. The number of unbranched alkanes of at least 4 members (excludes halogenated alkanes) is 1. The maximum absolute atomic E-state index is 9.15. The molecule has 1 nitrogen and oxygen atoms in total. The molecular weight excluding hydrogens is 340 g/mol. The highest BCUT2D eigenvalue weighted by Crippen LogP contribution is 2.56. The van der Waals surface area contributed by atoms with Crippen molar-refractivity contribution in [3.63, 3.8) is 0 Å². The van der Waals surface area contributed by atoms with Crippen LogP contribution in [0.1, 0.15) is 118 Å². The highest BCUT2D eigenvalue weighted by molar-refractivity contribution is 4.97. The van der Waals surface area contributed by atoms with Gasteiger partial charge in [0.2, 0.25) is 0 Å². The van der Waals surface area contributed by atoms with Crippen molar-refractivity contribution in [3.05, 3.63) is 0 Å². The van der Waals surface area contributed by atoms with Crippen molar-refractivity contribution in [1.29, 1.82) is 0 Å². The number of aliphatic hydroxyl groups excluding tert-OH is 1. The van der Waals surface area contributed by atoms with Gasteiger partial charge in [-0.25, -0.2) is 0 Å². The van der Waals surface area contributed by atoms with E-state index < -0.39 is 0 Å². The van der Waals surface area contributed by atoms with Gasteiger partial charge in [-0.1, -0.05) is 66.7 Å². The van der Waals surface area contributed by atoms with Crippen molar-refractivity contribution in [2.75, 3.05) is 6.61 Å². The summed E-state index contributed by atoms with van der Waals surface area (Å²) in [5.74, 6) is 3.66. The Morgan fingerprint density at radius 2 is 1.68 bits per heavy atom. The third kappa shape index (κ3) is 6.52. The van der Waals surface area contributed by atoms with E-state index in [-0.39, 0.29) is 0 Å². The molecule has 2 aliphatic rings. The lowest BCUT2D eigenvalue weighted by atomic mass is 9.63. The third-order valence-corrected chi connectivity index (χ3v) is 8.74. The van der Waals surface area contributed by atoms with Crippen molar-refractivity contribution in [1.82, 2.24) is 0 Å². The Morgan fingerprint density at radius 3 is 2.29 bits per heavy atom. The van der Waals surface area contributed by atoms with Gasteiger partial charge in [-0.3, -0.25) is 0 Å². The molecule has 0 amide bonds. The number of terminal acetylenes is 1. The molecule has 164 valence electrons. The molecule has 28 heavy (non-hydrogen) atoms. The predicted molar refractivity (Wildman–Crippen MR) is 124 cm³/mol. The van der Waals surface area contributed by atoms with Crippen LogP contribution in [-0.2, 0) is 0 Å². The summed E-state index contributed by atoms with van der Waals surface area (Å²) in [6.45, 7) is 13.0. The summed E-state index contributed by atoms with van der Waals surface area (Å²) in [7, 11) is 0. The largest absolute Gasteiger partial charge is 0.396 e. The van der Waals surface area contributed by atoms with Crippen LogP contribution in [0.2, 0.25) is 0 Å². The van der Waals surface area contributed by atoms with Gasteiger partial charge < -0.3 is 5.11 Å². The molecule has 0 aromatic heterocycles. The van der Waals surface area contributed by atoms with E-state index in [9.17, 15) is 0 Å². The molecule has 0 aromatic rings. The lowest BCUT2D eigenvalue weighted by Gasteiger charge is -2.42. The van der Waals surface area contributed by atoms with Crippen molar-refractivity contribution >= 4 is 0 Å². The molecule has 0 aromatic carbocycles. The fraction of sp³-hybridized carbons (Fsp3) is 0.926. The van der Waals surface area contributed by atoms with E-state index in [1.54, 1.807) is 0 Å². The summed E-state index contributed by atoms with van der Waals surface area (Å²) in [4.78, 5) is 0. The number of rotatable bonds is 10. The molecule has 1 heteroatoms. The predicted octanol–water partition coefficient (Wildman–Crippen LogP) is 7.86. The minimum absolute atomic E-state index is 0.369. The van der Waals surface area contributed by atoms with Crippen LogP contribution in [-0.4, -0.2) is 11.7 Å². The van der Waals surface area contributed by atoms with Gasteiger partial charge in [-0.05, 0) is 85.9 Å². The van der Waals surface area contributed by atoms with Gasteiger partial charge in [0.25, 0.3) is 0 Å². The van der Waals surface area contributed by atoms with E-state index in [2.05, 4.69) is 47.5 Å². The lowest BCUT2D eigenvalue weighted by Crippen LogP contribution is -2.33. The molecule has 5 atom stereocenters. The molecule has 2 aliphatic carbocycles. The molecule has 0 heterocycles. The zero-order valence-corrected chi connectivity index (χ0v) is 19.8. The Hall–Kier alpha value is -0.480. The molecule has 0 aliphatic heterocycles. The summed E-state index contributed by atoms with van der Waals surface area (Å²) in [5, 5.41) is 9.15. The molecule has 0 saturated heterocycles. The van der Waals surface area contributed by atoms with E-state index in [0.717, 1.165) is 30.1 Å². The van der Waals surface area contributed by atoms with Crippen LogP contribution in [0.15, 0.2) is 0 Å². The molecule has 3 unspecified atom stereocenters. The summed E-state index contributed by atoms with van der Waals surface area (Å²) in [6.07, 6.45) is 25.9. The SMILES string of the molecule is C#C.CCC[C@@]1(C)C(C(C)CCC2CCCCC2(C)C)CC[C@@H]1CCCCO. The number of hydrogen-bond donors (Lipinski definition) is 1. The van der Waals surface area contributed by atoms with E-state index in [1.807, 2.05) is 0 Å². The van der Waals surface area contributed by atoms with Gasteiger partial charge in [0, 0.05) is 6.61 Å². The fourth-order valence-corrected chi connectivity index (χ4v) is 6.95. The van der Waals surface area contributed by atoms with Crippen LogP contribution in [0.4, 0.5) is 0 Å². The highest BCUT2D eigenvalue weighted by Gasteiger charge is 2.47. The van der Waals surface area contributed by atoms with Gasteiger partial charge in [0.1, 0.15) is 0 Å². The first kappa shape index (κ1) is 25.6. The van der Waals surface area contributed by atoms with E-state index in [4.69, 9.17) is 5.11 Å². The van der Waals surface area contributed by atoms with Crippen LogP contribution < -0.4 is 0 Å². The van der Waals surface area contributed by atoms with E-state index >= 15 is 0 Å². The normalized spacial score (nSPS) is 33.1. The molecule has 2 saturated carbocycles. The molecule has 0 bridgehead atoms. The van der Waals surface area contributed by atoms with Gasteiger partial charge in [-0.15, -0.1) is 12.8 Å². The van der Waals surface area contributed by atoms with E-state index in [1.165, 1.54) is 77.0 Å². The summed E-state index contributed by atoms with van der Waals surface area (Å²) in [5.41, 5.74) is 1.12. The van der Waals surface area contributed by atoms with Crippen LogP contribution in [0.25, 0.3) is 0 Å². The maximum Gasteiger partial charge on any atom is 0.0431 e. The number of aliphatic hydroxyl groups is 1. The zero-order chi connectivity index (χ0) is 21.2. The Kier molecular flexibility index (Phi) is 11.2. The molecule has 0 radical (unpaired) electrons. The lowest BCUT2D eigenvalue weighted by molar-refractivity contribution is 0.0747. The Labute approximate surface area is 177 Å². The minimum atomic E-state index is 0.369. The monoisotopic (exact) mass is 390 g/mol. The second kappa shape index (κ2) is 12.3. The first-order valence-electron chi connectivity index (χ1n) is 12.3. The third-order valence-electron chi connectivity index (χ3n) is 8.74. The summed E-state index contributed by atoms with van der Waals surface area (Å²) in [6, 6.07) is 0.